The van der Waals surface area contributed by atoms with Crippen LogP contribution < -0.4 is 10.1 Å². The summed E-state index contributed by atoms with van der Waals surface area (Å²) in [6, 6.07) is 9.37. The second kappa shape index (κ2) is 13.3. The van der Waals surface area contributed by atoms with Crippen molar-refractivity contribution in [1.29, 1.82) is 0 Å². The van der Waals surface area contributed by atoms with Gasteiger partial charge in [-0.25, -0.2) is 9.48 Å². The Hall–Kier alpha value is -4.13. The van der Waals surface area contributed by atoms with E-state index in [1.54, 1.807) is 12.1 Å². The molecule has 0 bridgehead atoms. The van der Waals surface area contributed by atoms with Gasteiger partial charge >= 0.3 is 12.1 Å². The van der Waals surface area contributed by atoms with Crippen molar-refractivity contribution >= 4 is 23.9 Å². The van der Waals surface area contributed by atoms with Crippen molar-refractivity contribution < 1.29 is 38.9 Å². The van der Waals surface area contributed by atoms with Crippen LogP contribution in [0.5, 0.6) is 5.88 Å². The van der Waals surface area contributed by atoms with E-state index in [0.717, 1.165) is 0 Å². The summed E-state index contributed by atoms with van der Waals surface area (Å²) in [6.45, 7) is 3.52. The molecule has 3 amide bonds. The lowest BCUT2D eigenvalue weighted by Crippen LogP contribution is -2.55. The number of hydrogen-bond donors (Lipinski definition) is 3. The molecule has 13 heteroatoms. The summed E-state index contributed by atoms with van der Waals surface area (Å²) < 4.78 is 12.5. The number of nitrogens with one attached hydrogen (secondary N) is 1. The second-order valence-corrected chi connectivity index (χ2v) is 8.21. The Kier molecular flexibility index (Phi) is 9.84. The van der Waals surface area contributed by atoms with E-state index in [0.29, 0.717) is 24.8 Å². The first-order chi connectivity index (χ1) is 17.8. The third kappa shape index (κ3) is 7.67. The molecule has 1 aliphatic heterocycles. The fraction of sp³-hybridized carbons (Fsp3) is 0.458. The van der Waals surface area contributed by atoms with Gasteiger partial charge in [-0.15, -0.1) is 0 Å². The molecule has 3 rings (SSSR count). The van der Waals surface area contributed by atoms with Crippen LogP contribution in [0.4, 0.5) is 4.79 Å². The van der Waals surface area contributed by atoms with Gasteiger partial charge in [0.2, 0.25) is 11.8 Å². The number of ether oxygens (including phenoxy) is 2. The lowest BCUT2D eigenvalue weighted by Gasteiger charge is -2.35. The van der Waals surface area contributed by atoms with Crippen LogP contribution in [0, 0.1) is 0 Å². The van der Waals surface area contributed by atoms with Gasteiger partial charge in [0, 0.05) is 45.3 Å². The molecule has 0 radical (unpaired) electrons. The van der Waals surface area contributed by atoms with E-state index in [1.165, 1.54) is 20.5 Å². The third-order valence-corrected chi connectivity index (χ3v) is 5.70. The van der Waals surface area contributed by atoms with Gasteiger partial charge < -0.3 is 34.8 Å². The van der Waals surface area contributed by atoms with E-state index < -0.39 is 29.9 Å². The molecule has 1 aromatic carbocycles. The van der Waals surface area contributed by atoms with Crippen molar-refractivity contribution in [2.75, 3.05) is 46.0 Å². The maximum absolute atomic E-state index is 13.1. The third-order valence-electron chi connectivity index (χ3n) is 5.70. The molecule has 0 aliphatic carbocycles. The highest BCUT2D eigenvalue weighted by molar-refractivity contribution is 5.96. The lowest BCUT2D eigenvalue weighted by molar-refractivity contribution is -0.138. The van der Waals surface area contributed by atoms with E-state index >= 15 is 0 Å². The summed E-state index contributed by atoms with van der Waals surface area (Å²) in [5, 5.41) is 25.2. The Morgan fingerprint density at radius 3 is 2.32 bits per heavy atom. The summed E-state index contributed by atoms with van der Waals surface area (Å²) in [4.78, 5) is 51.2. The first-order valence-electron chi connectivity index (χ1n) is 12.0. The van der Waals surface area contributed by atoms with E-state index in [9.17, 15) is 19.2 Å². The fourth-order valence-electron chi connectivity index (χ4n) is 3.78. The molecule has 0 unspecified atom stereocenters. The topological polar surface area (TPSA) is 164 Å². The normalized spacial score (nSPS) is 14.2. The van der Waals surface area contributed by atoms with E-state index in [4.69, 9.17) is 19.7 Å². The molecule has 1 atom stereocenters. The summed E-state index contributed by atoms with van der Waals surface area (Å²) in [7, 11) is 0. The van der Waals surface area contributed by atoms with Crippen molar-refractivity contribution in [1.82, 2.24) is 24.9 Å². The minimum absolute atomic E-state index is 0.0147. The minimum Gasteiger partial charge on any atom is -0.481 e. The second-order valence-electron chi connectivity index (χ2n) is 8.21. The van der Waals surface area contributed by atoms with Gasteiger partial charge in [0.1, 0.15) is 12.6 Å². The van der Waals surface area contributed by atoms with E-state index in [2.05, 4.69) is 10.4 Å². The zero-order chi connectivity index (χ0) is 26.8. The molecule has 0 spiro atoms. The molecular formula is C24H31N5O8. The van der Waals surface area contributed by atoms with Gasteiger partial charge in [-0.2, -0.15) is 5.10 Å². The Balaban J connectivity index is 1.77. The number of benzene rings is 1. The van der Waals surface area contributed by atoms with Crippen LogP contribution in [0.2, 0.25) is 0 Å². The maximum Gasteiger partial charge on any atom is 0.407 e. The highest BCUT2D eigenvalue weighted by atomic mass is 16.5. The number of aromatic nitrogens is 2. The number of hydrogen-bond acceptors (Lipinski definition) is 7. The number of carbonyl (C=O) groups excluding carboxylic acids is 2. The molecule has 0 saturated carbocycles. The van der Waals surface area contributed by atoms with Crippen molar-refractivity contribution in [3.63, 3.8) is 0 Å². The number of amides is 3. The summed E-state index contributed by atoms with van der Waals surface area (Å²) >= 11 is 0. The largest absolute Gasteiger partial charge is 0.481 e. The maximum atomic E-state index is 13.1. The molecular weight excluding hydrogens is 486 g/mol. The molecule has 1 aromatic heterocycles. The Morgan fingerprint density at radius 2 is 1.70 bits per heavy atom. The smallest absolute Gasteiger partial charge is 0.407 e. The molecule has 1 aliphatic rings. The minimum atomic E-state index is -1.12. The molecule has 2 aromatic rings. The fourth-order valence-corrected chi connectivity index (χ4v) is 3.78. The lowest BCUT2D eigenvalue weighted by atomic mass is 10.1. The predicted molar refractivity (Wildman–Crippen MR) is 130 cm³/mol. The quantitative estimate of drug-likeness (QED) is 0.349. The molecule has 1 saturated heterocycles. The molecule has 37 heavy (non-hydrogen) atoms. The number of carbonyl (C=O) groups is 4. The number of para-hydroxylation sites is 1. The van der Waals surface area contributed by atoms with Gasteiger partial charge in [0.25, 0.3) is 5.91 Å². The van der Waals surface area contributed by atoms with Crippen molar-refractivity contribution in [2.45, 2.75) is 25.8 Å². The average molecular weight is 518 g/mol. The molecule has 2 heterocycles. The summed E-state index contributed by atoms with van der Waals surface area (Å²) in [6.07, 6.45) is -1.54. The van der Waals surface area contributed by atoms with Gasteiger partial charge in [-0.05, 0) is 25.5 Å². The molecule has 13 nitrogen and oxygen atoms in total. The Morgan fingerprint density at radius 1 is 1.03 bits per heavy atom. The monoisotopic (exact) mass is 517 g/mol. The Labute approximate surface area is 213 Å². The van der Waals surface area contributed by atoms with Gasteiger partial charge in [0.05, 0.1) is 12.3 Å². The molecule has 200 valence electrons. The Bertz CT molecular complexity index is 1080. The van der Waals surface area contributed by atoms with Gasteiger partial charge in [-0.1, -0.05) is 18.2 Å². The van der Waals surface area contributed by atoms with Crippen LogP contribution in [0.1, 0.15) is 30.3 Å². The van der Waals surface area contributed by atoms with Crippen molar-refractivity contribution in [3.8, 4) is 11.6 Å². The van der Waals surface area contributed by atoms with Crippen molar-refractivity contribution in [2.24, 2.45) is 0 Å². The first-order valence-corrected chi connectivity index (χ1v) is 12.0. The van der Waals surface area contributed by atoms with Crippen LogP contribution in [0.15, 0.2) is 36.4 Å². The van der Waals surface area contributed by atoms with Crippen LogP contribution in [0.25, 0.3) is 5.69 Å². The van der Waals surface area contributed by atoms with Gasteiger partial charge in [-0.3, -0.25) is 14.4 Å². The molecule has 3 N–H and O–H groups in total. The van der Waals surface area contributed by atoms with E-state index in [-0.39, 0.29) is 51.3 Å². The number of nitrogens with zero attached hydrogens (tertiary/aromatic N) is 4. The number of rotatable bonds is 12. The highest BCUT2D eigenvalue weighted by Gasteiger charge is 2.31. The van der Waals surface area contributed by atoms with Gasteiger partial charge in [0.15, 0.2) is 5.69 Å². The highest BCUT2D eigenvalue weighted by Crippen LogP contribution is 2.20. The number of carboxylic acid groups (broad SMARTS) is 2. The first kappa shape index (κ1) is 27.5. The number of piperazine rings is 1. The van der Waals surface area contributed by atoms with Crippen LogP contribution >= 0.6 is 0 Å². The van der Waals surface area contributed by atoms with Crippen molar-refractivity contribution in [3.05, 3.63) is 42.1 Å². The van der Waals surface area contributed by atoms with Crippen LogP contribution in [-0.4, -0.2) is 106 Å². The SMILES string of the molecule is CCOCCOc1cc(C(=O)N[C@@H](CCC(=O)O)C(=O)N2CCN(C(=O)O)CC2)nn1-c1ccccc1. The number of carboxylic acids is 1. The summed E-state index contributed by atoms with van der Waals surface area (Å²) in [5.74, 6) is -1.96. The molecule has 1 fully saturated rings. The standard InChI is InChI=1S/C24H31N5O8/c1-2-36-14-15-37-20-16-19(26-29(20)17-6-4-3-5-7-17)22(32)25-18(8-9-21(30)31)23(33)27-10-12-28(13-11-27)24(34)35/h3-7,16,18H,2,8-15H2,1H3,(H,25,32)(H,30,31)(H,34,35)/t18-/m0/s1. The van der Waals surface area contributed by atoms with E-state index in [1.807, 2.05) is 25.1 Å². The zero-order valence-corrected chi connectivity index (χ0v) is 20.5. The summed E-state index contributed by atoms with van der Waals surface area (Å²) in [5.41, 5.74) is 0.641. The number of aliphatic carboxylic acids is 1. The average Bonchev–Trinajstić information content (AvgIpc) is 3.33. The zero-order valence-electron chi connectivity index (χ0n) is 20.5. The van der Waals surface area contributed by atoms with Crippen LogP contribution in [-0.2, 0) is 14.3 Å². The van der Waals surface area contributed by atoms with Crippen LogP contribution in [0.3, 0.4) is 0 Å². The predicted octanol–water partition coefficient (Wildman–Crippen LogP) is 1.07.